The van der Waals surface area contributed by atoms with E-state index in [4.69, 9.17) is 11.6 Å². The fourth-order valence-electron chi connectivity index (χ4n) is 6.99. The first-order chi connectivity index (χ1) is 26.9. The van der Waals surface area contributed by atoms with E-state index in [0.717, 1.165) is 43.0 Å². The Morgan fingerprint density at radius 2 is 1.38 bits per heavy atom. The highest BCUT2D eigenvalue weighted by Crippen LogP contribution is 2.35. The third-order valence-electron chi connectivity index (χ3n) is 10.2. The standard InChI is InChI=1S/C44H57ClN4O6S/c1-5-7-8-9-10-11-12-13-14-15-16-17-19-23-33-24-22-27-35(28-33)56(54,55)40(6-2)43(52)46-37-30-39(50)38(29-36(37)45)47-44(53)42(51)41-31(3)48-49(32(41)4)34-25-20-18-21-26-34/h18,20-22,24-30,40,50H,5-17,19,23H2,1-4H3,(H,46,52)(H,47,53). The van der Waals surface area contributed by atoms with Gasteiger partial charge in [-0.2, -0.15) is 5.10 Å². The molecule has 56 heavy (non-hydrogen) atoms. The summed E-state index contributed by atoms with van der Waals surface area (Å²) in [4.78, 5) is 39.8. The zero-order chi connectivity index (χ0) is 40.7. The molecule has 0 spiro atoms. The van der Waals surface area contributed by atoms with E-state index < -0.39 is 38.4 Å². The van der Waals surface area contributed by atoms with Crippen LogP contribution in [-0.4, -0.2) is 46.2 Å². The molecule has 1 atom stereocenters. The van der Waals surface area contributed by atoms with Gasteiger partial charge in [0, 0.05) is 6.07 Å². The van der Waals surface area contributed by atoms with E-state index in [0.29, 0.717) is 11.4 Å². The molecular formula is C44H57ClN4O6S. The maximum Gasteiger partial charge on any atom is 0.297 e. The Balaban J connectivity index is 1.31. The number of aromatic nitrogens is 2. The van der Waals surface area contributed by atoms with Gasteiger partial charge in [0.25, 0.3) is 11.7 Å². The maximum atomic E-state index is 13.7. The molecule has 3 aromatic carbocycles. The first kappa shape index (κ1) is 44.2. The quantitative estimate of drug-likeness (QED) is 0.0293. The third-order valence-corrected chi connectivity index (χ3v) is 12.7. The maximum absolute atomic E-state index is 13.7. The summed E-state index contributed by atoms with van der Waals surface area (Å²) in [6.45, 7) is 7.16. The molecule has 0 bridgehead atoms. The van der Waals surface area contributed by atoms with Crippen molar-refractivity contribution in [1.29, 1.82) is 0 Å². The van der Waals surface area contributed by atoms with Crippen molar-refractivity contribution in [1.82, 2.24) is 9.78 Å². The fourth-order valence-corrected chi connectivity index (χ4v) is 8.89. The van der Waals surface area contributed by atoms with Gasteiger partial charge in [-0.25, -0.2) is 13.1 Å². The Hall–Kier alpha value is -4.48. The smallest absolute Gasteiger partial charge is 0.297 e. The topological polar surface area (TPSA) is 147 Å². The third kappa shape index (κ3) is 12.0. The number of nitrogens with one attached hydrogen (secondary N) is 2. The number of phenolic OH excluding ortho intramolecular Hbond substituents is 1. The molecule has 0 saturated heterocycles. The van der Waals surface area contributed by atoms with Crippen molar-refractivity contribution in [3.05, 3.63) is 94.3 Å². The predicted molar refractivity (Wildman–Crippen MR) is 225 cm³/mol. The van der Waals surface area contributed by atoms with E-state index in [2.05, 4.69) is 22.7 Å². The SMILES string of the molecule is CCCCCCCCCCCCCCCc1cccc(S(=O)(=O)C(CC)C(=O)Nc2cc(O)c(NC(=O)C(=O)c3c(C)nn(-c4ccccc4)c3C)cc2Cl)c1. The van der Waals surface area contributed by atoms with Crippen molar-refractivity contribution < 1.29 is 27.9 Å². The Bertz CT molecular complexity index is 2050. The molecule has 1 heterocycles. The summed E-state index contributed by atoms with van der Waals surface area (Å²) in [5, 5.41) is 18.6. The van der Waals surface area contributed by atoms with E-state index in [9.17, 15) is 27.9 Å². The number of hydrogen-bond donors (Lipinski definition) is 3. The molecule has 1 aromatic heterocycles. The van der Waals surface area contributed by atoms with Crippen LogP contribution in [0.5, 0.6) is 5.75 Å². The Labute approximate surface area is 337 Å². The van der Waals surface area contributed by atoms with Crippen LogP contribution in [-0.2, 0) is 25.8 Å². The molecule has 2 amide bonds. The Morgan fingerprint density at radius 1 is 0.768 bits per heavy atom. The van der Waals surface area contributed by atoms with Gasteiger partial charge in [0.15, 0.2) is 9.84 Å². The number of Topliss-reactive ketones (excluding diaryl/α,β-unsaturated/α-hetero) is 1. The Kier molecular flexibility index (Phi) is 17.2. The predicted octanol–water partition coefficient (Wildman–Crippen LogP) is 10.5. The number of amides is 2. The van der Waals surface area contributed by atoms with Gasteiger partial charge >= 0.3 is 0 Å². The number of carbonyl (C=O) groups is 3. The van der Waals surface area contributed by atoms with E-state index in [1.54, 1.807) is 37.6 Å². The summed E-state index contributed by atoms with van der Waals surface area (Å²) >= 11 is 6.45. The lowest BCUT2D eigenvalue weighted by Gasteiger charge is -2.18. The monoisotopic (exact) mass is 804 g/mol. The number of carbonyl (C=O) groups excluding carboxylic acids is 3. The number of aryl methyl sites for hydroxylation is 2. The lowest BCUT2D eigenvalue weighted by Crippen LogP contribution is -2.35. The van der Waals surface area contributed by atoms with Gasteiger partial charge in [0.1, 0.15) is 11.0 Å². The molecule has 0 aliphatic heterocycles. The second-order valence-corrected chi connectivity index (χ2v) is 17.0. The molecule has 302 valence electrons. The molecule has 10 nitrogen and oxygen atoms in total. The lowest BCUT2D eigenvalue weighted by atomic mass is 10.0. The van der Waals surface area contributed by atoms with Gasteiger partial charge in [-0.05, 0) is 69.0 Å². The van der Waals surface area contributed by atoms with E-state index in [1.807, 2.05) is 36.4 Å². The van der Waals surface area contributed by atoms with Crippen LogP contribution < -0.4 is 10.6 Å². The van der Waals surface area contributed by atoms with E-state index in [1.165, 1.54) is 76.3 Å². The second-order valence-electron chi connectivity index (χ2n) is 14.5. The summed E-state index contributed by atoms with van der Waals surface area (Å²) in [7, 11) is -4.08. The van der Waals surface area contributed by atoms with Crippen LogP contribution in [0, 0.1) is 13.8 Å². The minimum absolute atomic E-state index is 0.00318. The number of rotatable bonds is 23. The molecule has 0 aliphatic rings. The zero-order valence-corrected chi connectivity index (χ0v) is 34.8. The van der Waals surface area contributed by atoms with Crippen LogP contribution in [0.2, 0.25) is 5.02 Å². The highest BCUT2D eigenvalue weighted by atomic mass is 35.5. The molecule has 4 aromatic rings. The number of para-hydroxylation sites is 1. The number of phenols is 1. The molecule has 3 N–H and O–H groups in total. The zero-order valence-electron chi connectivity index (χ0n) is 33.2. The molecule has 0 radical (unpaired) electrons. The molecule has 1 unspecified atom stereocenters. The molecular weight excluding hydrogens is 748 g/mol. The van der Waals surface area contributed by atoms with E-state index in [-0.39, 0.29) is 33.3 Å². The number of sulfone groups is 1. The number of hydrogen-bond acceptors (Lipinski definition) is 7. The van der Waals surface area contributed by atoms with Crippen LogP contribution in [0.1, 0.15) is 131 Å². The fraction of sp³-hybridized carbons (Fsp3) is 0.455. The van der Waals surface area contributed by atoms with Crippen molar-refractivity contribution in [2.24, 2.45) is 0 Å². The van der Waals surface area contributed by atoms with Gasteiger partial charge in [0.2, 0.25) is 5.91 Å². The first-order valence-corrected chi connectivity index (χ1v) is 21.9. The summed E-state index contributed by atoms with van der Waals surface area (Å²) < 4.78 is 29.1. The van der Waals surface area contributed by atoms with Gasteiger partial charge in [-0.1, -0.05) is 133 Å². The number of unbranched alkanes of at least 4 members (excludes halogenated alkanes) is 12. The summed E-state index contributed by atoms with van der Waals surface area (Å²) in [5.74, 6) is -3.19. The van der Waals surface area contributed by atoms with Crippen molar-refractivity contribution in [2.75, 3.05) is 10.6 Å². The van der Waals surface area contributed by atoms with Crippen molar-refractivity contribution in [3.8, 4) is 11.4 Å². The second kappa shape index (κ2) is 21.7. The van der Waals surface area contributed by atoms with Crippen LogP contribution >= 0.6 is 11.6 Å². The summed E-state index contributed by atoms with van der Waals surface area (Å²) in [5.41, 5.74) is 2.35. The molecule has 4 rings (SSSR count). The number of nitrogens with zero attached hydrogens (tertiary/aromatic N) is 2. The lowest BCUT2D eigenvalue weighted by molar-refractivity contribution is -0.116. The van der Waals surface area contributed by atoms with Gasteiger partial charge in [-0.3, -0.25) is 14.4 Å². The highest BCUT2D eigenvalue weighted by molar-refractivity contribution is 7.92. The van der Waals surface area contributed by atoms with Crippen molar-refractivity contribution in [3.63, 3.8) is 0 Å². The van der Waals surface area contributed by atoms with Gasteiger partial charge < -0.3 is 15.7 Å². The average molecular weight is 805 g/mol. The molecule has 0 fully saturated rings. The molecule has 0 aliphatic carbocycles. The number of anilines is 2. The Morgan fingerprint density at radius 3 is 1.98 bits per heavy atom. The first-order valence-electron chi connectivity index (χ1n) is 20.0. The van der Waals surface area contributed by atoms with E-state index >= 15 is 0 Å². The van der Waals surface area contributed by atoms with Crippen molar-refractivity contribution >= 4 is 50.4 Å². The van der Waals surface area contributed by atoms with Crippen LogP contribution in [0.25, 0.3) is 5.69 Å². The molecule has 0 saturated carbocycles. The normalized spacial score (nSPS) is 12.0. The highest BCUT2D eigenvalue weighted by Gasteiger charge is 2.33. The molecule has 12 heteroatoms. The van der Waals surface area contributed by atoms with Crippen LogP contribution in [0.3, 0.4) is 0 Å². The van der Waals surface area contributed by atoms with Gasteiger partial charge in [0.05, 0.1) is 43.9 Å². The number of halogens is 1. The van der Waals surface area contributed by atoms with Crippen molar-refractivity contribution in [2.45, 2.75) is 134 Å². The average Bonchev–Trinajstić information content (AvgIpc) is 3.48. The minimum atomic E-state index is -4.08. The van der Waals surface area contributed by atoms with Crippen LogP contribution in [0.15, 0.2) is 71.6 Å². The summed E-state index contributed by atoms with van der Waals surface area (Å²) in [6.07, 6.45) is 17.1. The van der Waals surface area contributed by atoms with Gasteiger partial charge in [-0.15, -0.1) is 0 Å². The number of aromatic hydroxyl groups is 1. The van der Waals surface area contributed by atoms with Crippen LogP contribution in [0.4, 0.5) is 11.4 Å². The largest absolute Gasteiger partial charge is 0.506 e. The summed E-state index contributed by atoms with van der Waals surface area (Å²) in [6, 6.07) is 18.2. The number of ketones is 1. The number of benzene rings is 3. The minimum Gasteiger partial charge on any atom is -0.506 e.